The predicted molar refractivity (Wildman–Crippen MR) is 150 cm³/mol. The number of hydrogen-bond donors (Lipinski definition) is 2. The number of fused-ring (bicyclic) bond motifs is 1. The Balaban J connectivity index is 1.62. The van der Waals surface area contributed by atoms with Crippen LogP contribution >= 0.6 is 23.1 Å². The maximum atomic E-state index is 13.1. The average Bonchev–Trinajstić information content (AvgIpc) is 3.42. The number of unbranched alkanes of at least 4 members (excludes halogenated alkanes) is 2. The van der Waals surface area contributed by atoms with Crippen LogP contribution in [0.3, 0.4) is 0 Å². The minimum absolute atomic E-state index is 0.126. The van der Waals surface area contributed by atoms with E-state index in [4.69, 9.17) is 19.0 Å². The zero-order valence-electron chi connectivity index (χ0n) is 22.8. The van der Waals surface area contributed by atoms with E-state index in [1.807, 2.05) is 0 Å². The van der Waals surface area contributed by atoms with E-state index < -0.39 is 35.3 Å². The predicted octanol–water partition coefficient (Wildman–Crippen LogP) is 1.89. The van der Waals surface area contributed by atoms with Gasteiger partial charge in [0.15, 0.2) is 10.8 Å². The summed E-state index contributed by atoms with van der Waals surface area (Å²) < 4.78 is 17.0. The summed E-state index contributed by atoms with van der Waals surface area (Å²) in [5.74, 6) is -1.34. The van der Waals surface area contributed by atoms with Crippen molar-refractivity contribution < 1.29 is 38.2 Å². The topological polar surface area (TPSA) is 158 Å². The number of nitrogens with one attached hydrogen (secondary N) is 2. The maximum Gasteiger partial charge on any atom is 0.355 e. The molecule has 3 heterocycles. The van der Waals surface area contributed by atoms with E-state index in [2.05, 4.69) is 34.6 Å². The summed E-state index contributed by atoms with van der Waals surface area (Å²) in [5.41, 5.74) is 0.140. The lowest BCUT2D eigenvalue weighted by Crippen LogP contribution is -2.70. The van der Waals surface area contributed by atoms with Gasteiger partial charge in [0.1, 0.15) is 36.0 Å². The molecule has 0 bridgehead atoms. The van der Waals surface area contributed by atoms with E-state index in [0.717, 1.165) is 37.0 Å². The normalized spacial score (nSPS) is 18.5. The smallest absolute Gasteiger partial charge is 0.355 e. The highest BCUT2D eigenvalue weighted by Crippen LogP contribution is 2.38. The number of β-lactam (4-membered cyclic amide) rings is 1. The van der Waals surface area contributed by atoms with Crippen LogP contribution in [-0.4, -0.2) is 96.6 Å². The zero-order chi connectivity index (χ0) is 28.9. The van der Waals surface area contributed by atoms with Crippen molar-refractivity contribution in [2.24, 2.45) is 5.16 Å². The minimum Gasteiger partial charge on any atom is -0.453 e. The van der Waals surface area contributed by atoms with Crippen molar-refractivity contribution in [1.82, 2.24) is 15.2 Å². The second-order valence-corrected chi connectivity index (χ2v) is 10.8. The third-order valence-electron chi connectivity index (χ3n) is 5.83. The van der Waals surface area contributed by atoms with Gasteiger partial charge in [0.05, 0.1) is 13.2 Å². The highest BCUT2D eigenvalue weighted by Gasteiger charge is 2.53. The lowest BCUT2D eigenvalue weighted by atomic mass is 10.0. The largest absolute Gasteiger partial charge is 0.453 e. The van der Waals surface area contributed by atoms with Crippen molar-refractivity contribution in [3.8, 4) is 0 Å². The summed E-state index contributed by atoms with van der Waals surface area (Å²) in [6, 6.07) is -0.896. The van der Waals surface area contributed by atoms with Crippen molar-refractivity contribution >= 4 is 58.1 Å². The van der Waals surface area contributed by atoms with Crippen molar-refractivity contribution in [3.63, 3.8) is 0 Å². The van der Waals surface area contributed by atoms with Crippen LogP contribution in [0.4, 0.5) is 5.13 Å². The first kappa shape index (κ1) is 31.5. The standard InChI is InChI=1S/C25H35N5O8S2/c1-4-6-9-36-12-16(13-37-10-7-5-2)38-24(34)18-8-11-39-23-20(22(33)30(18)23)28-21(32)19(29-35-3)17-14-40-25(27-17)26-15-31/h8,14-16,20,23H,4-7,9-13H2,1-3H3,(H,28,32)(H,26,27,31)/t20?,23-/m0/s1. The van der Waals surface area contributed by atoms with Gasteiger partial charge in [0.25, 0.3) is 11.8 Å². The van der Waals surface area contributed by atoms with Crippen LogP contribution < -0.4 is 10.6 Å². The third kappa shape index (κ3) is 8.25. The van der Waals surface area contributed by atoms with Crippen LogP contribution in [-0.2, 0) is 38.2 Å². The first-order valence-corrected chi connectivity index (χ1v) is 15.0. The van der Waals surface area contributed by atoms with E-state index >= 15 is 0 Å². The van der Waals surface area contributed by atoms with Gasteiger partial charge in [-0.2, -0.15) is 0 Å². The number of esters is 1. The number of anilines is 1. The highest BCUT2D eigenvalue weighted by atomic mass is 32.2. The van der Waals surface area contributed by atoms with Crippen molar-refractivity contribution in [1.29, 1.82) is 0 Å². The zero-order valence-corrected chi connectivity index (χ0v) is 24.4. The van der Waals surface area contributed by atoms with Gasteiger partial charge in [-0.3, -0.25) is 19.3 Å². The second kappa shape index (κ2) is 16.3. The summed E-state index contributed by atoms with van der Waals surface area (Å²) in [6.07, 6.45) is 5.25. The molecule has 40 heavy (non-hydrogen) atoms. The molecule has 2 N–H and O–H groups in total. The summed E-state index contributed by atoms with van der Waals surface area (Å²) in [5, 5.41) is 10.1. The van der Waals surface area contributed by atoms with Gasteiger partial charge in [-0.15, -0.1) is 23.1 Å². The molecule has 1 unspecified atom stereocenters. The molecule has 3 amide bonds. The molecule has 0 saturated carbocycles. The fourth-order valence-corrected chi connectivity index (χ4v) is 5.63. The van der Waals surface area contributed by atoms with Gasteiger partial charge < -0.3 is 29.7 Å². The fraction of sp³-hybridized carbons (Fsp3) is 0.600. The number of carbonyl (C=O) groups is 4. The number of carbonyl (C=O) groups excluding carboxylic acids is 4. The summed E-state index contributed by atoms with van der Waals surface area (Å²) >= 11 is 2.50. The number of nitrogens with zero attached hydrogens (tertiary/aromatic N) is 3. The Bertz CT molecular complexity index is 1080. The Hall–Kier alpha value is -3.01. The molecule has 0 radical (unpaired) electrons. The summed E-state index contributed by atoms with van der Waals surface area (Å²) in [6.45, 7) is 5.61. The molecule has 220 valence electrons. The van der Waals surface area contributed by atoms with Gasteiger partial charge in [-0.25, -0.2) is 9.78 Å². The monoisotopic (exact) mass is 597 g/mol. The Kier molecular flexibility index (Phi) is 12.8. The lowest BCUT2D eigenvalue weighted by Gasteiger charge is -2.48. The van der Waals surface area contributed by atoms with Crippen LogP contribution in [0, 0.1) is 0 Å². The van der Waals surface area contributed by atoms with Crippen molar-refractivity contribution in [2.75, 3.05) is 44.6 Å². The SMILES string of the molecule is CCCCOCC(COCCCC)OC(=O)C1=CCS[C@H]2C(NC(=O)C(=NOC)c3csc(NC=O)n3)C(=O)N12. The molecule has 0 spiro atoms. The number of amides is 3. The molecular formula is C25H35N5O8S2. The van der Waals surface area contributed by atoms with E-state index in [1.54, 1.807) is 6.08 Å². The van der Waals surface area contributed by atoms with Crippen molar-refractivity contribution in [2.45, 2.75) is 57.1 Å². The minimum atomic E-state index is -0.896. The Morgan fingerprint density at radius 1 is 1.23 bits per heavy atom. The van der Waals surface area contributed by atoms with Crippen LogP contribution in [0.15, 0.2) is 22.3 Å². The molecule has 13 nitrogen and oxygen atoms in total. The molecule has 1 aromatic rings. The second-order valence-electron chi connectivity index (χ2n) is 8.78. The first-order valence-electron chi connectivity index (χ1n) is 13.0. The molecular weight excluding hydrogens is 562 g/mol. The van der Waals surface area contributed by atoms with Gasteiger partial charge in [0, 0.05) is 24.3 Å². The summed E-state index contributed by atoms with van der Waals surface area (Å²) in [4.78, 5) is 60.2. The number of aromatic nitrogens is 1. The molecule has 2 aliphatic rings. The maximum absolute atomic E-state index is 13.1. The van der Waals surface area contributed by atoms with E-state index in [0.29, 0.717) is 25.4 Å². The third-order valence-corrected chi connectivity index (χ3v) is 7.79. The summed E-state index contributed by atoms with van der Waals surface area (Å²) in [7, 11) is 1.27. The number of hydrogen-bond acceptors (Lipinski definition) is 12. The van der Waals surface area contributed by atoms with E-state index in [1.165, 1.54) is 29.2 Å². The van der Waals surface area contributed by atoms with E-state index in [9.17, 15) is 19.2 Å². The van der Waals surface area contributed by atoms with Crippen LogP contribution in [0.25, 0.3) is 0 Å². The average molecular weight is 598 g/mol. The molecule has 0 aromatic carbocycles. The number of thioether (sulfide) groups is 1. The first-order chi connectivity index (χ1) is 19.4. The molecule has 0 aliphatic carbocycles. The van der Waals surface area contributed by atoms with Crippen molar-refractivity contribution in [3.05, 3.63) is 22.8 Å². The van der Waals surface area contributed by atoms with Crippen LogP contribution in [0.2, 0.25) is 0 Å². The molecule has 1 saturated heterocycles. The van der Waals surface area contributed by atoms with E-state index in [-0.39, 0.29) is 35.4 Å². The highest BCUT2D eigenvalue weighted by molar-refractivity contribution is 8.00. The van der Waals surface area contributed by atoms with Gasteiger partial charge in [-0.05, 0) is 18.9 Å². The van der Waals surface area contributed by atoms with Crippen LogP contribution in [0.1, 0.15) is 45.2 Å². The molecule has 15 heteroatoms. The molecule has 3 rings (SSSR count). The Labute approximate surface area is 241 Å². The Morgan fingerprint density at radius 2 is 1.93 bits per heavy atom. The number of ether oxygens (including phenoxy) is 3. The molecule has 1 fully saturated rings. The number of thiazole rings is 1. The fourth-order valence-electron chi connectivity index (χ4n) is 3.78. The number of rotatable bonds is 18. The molecule has 2 atom stereocenters. The molecule has 1 aromatic heterocycles. The van der Waals surface area contributed by atoms with Gasteiger partial charge in [0.2, 0.25) is 6.41 Å². The van der Waals surface area contributed by atoms with Gasteiger partial charge in [-0.1, -0.05) is 31.8 Å². The van der Waals surface area contributed by atoms with Crippen LogP contribution in [0.5, 0.6) is 0 Å². The van der Waals surface area contributed by atoms with Gasteiger partial charge >= 0.3 is 5.97 Å². The lowest BCUT2D eigenvalue weighted by molar-refractivity contribution is -0.159. The quantitative estimate of drug-likeness (QED) is 0.0639. The Morgan fingerprint density at radius 3 is 2.55 bits per heavy atom. The molecule has 2 aliphatic heterocycles. The number of oxime groups is 1.